The van der Waals surface area contributed by atoms with Crippen molar-refractivity contribution in [1.82, 2.24) is 29.5 Å². The lowest BCUT2D eigenvalue weighted by molar-refractivity contribution is 0.459. The van der Waals surface area contributed by atoms with Gasteiger partial charge >= 0.3 is 0 Å². The van der Waals surface area contributed by atoms with E-state index in [-0.39, 0.29) is 0 Å². The lowest BCUT2D eigenvalue weighted by Crippen LogP contribution is -2.40. The van der Waals surface area contributed by atoms with Crippen molar-refractivity contribution in [2.75, 3.05) is 7.05 Å². The van der Waals surface area contributed by atoms with Crippen LogP contribution in [0.2, 0.25) is 5.02 Å². The molecule has 3 rings (SSSR count). The maximum absolute atomic E-state index is 6.08. The summed E-state index contributed by atoms with van der Waals surface area (Å²) in [5.41, 5.74) is 1.14. The van der Waals surface area contributed by atoms with Crippen LogP contribution in [0.25, 0.3) is 0 Å². The minimum absolute atomic E-state index is 0.505. The number of hydrogen-bond acceptors (Lipinski definition) is 3. The summed E-state index contributed by atoms with van der Waals surface area (Å²) in [5, 5.41) is 12.5. The third-order valence-corrected chi connectivity index (χ3v) is 4.51. The molecular formula is C16H24ClN7. The van der Waals surface area contributed by atoms with Crippen LogP contribution in [0.5, 0.6) is 0 Å². The number of hydrogen-bond donors (Lipinski definition) is 1. The van der Waals surface area contributed by atoms with Gasteiger partial charge in [0.05, 0.1) is 11.6 Å². The zero-order valence-electron chi connectivity index (χ0n) is 14.6. The highest BCUT2D eigenvalue weighted by molar-refractivity contribution is 6.30. The third kappa shape index (κ3) is 3.90. The maximum atomic E-state index is 6.08. The standard InChI is InChI=1S/C16H24ClN7/c1-11-20-21-15(24(11)4)8-18-16(19-13-5-6-13)23(3)10-14-7-12(17)9-22(14)2/h7,9,13H,5-6,8,10H2,1-4H3,(H,18,19). The van der Waals surface area contributed by atoms with Crippen LogP contribution >= 0.6 is 11.6 Å². The van der Waals surface area contributed by atoms with Crippen LogP contribution < -0.4 is 5.32 Å². The van der Waals surface area contributed by atoms with Gasteiger partial charge in [-0.1, -0.05) is 11.6 Å². The van der Waals surface area contributed by atoms with E-state index in [9.17, 15) is 0 Å². The number of aryl methyl sites for hydroxylation is 2. The van der Waals surface area contributed by atoms with Gasteiger partial charge in [0.2, 0.25) is 0 Å². The van der Waals surface area contributed by atoms with E-state index in [1.165, 1.54) is 12.8 Å². The van der Waals surface area contributed by atoms with E-state index in [4.69, 9.17) is 16.6 Å². The summed E-state index contributed by atoms with van der Waals surface area (Å²) in [7, 11) is 6.00. The van der Waals surface area contributed by atoms with Crippen molar-refractivity contribution in [3.63, 3.8) is 0 Å². The quantitative estimate of drug-likeness (QED) is 0.661. The van der Waals surface area contributed by atoms with Crippen molar-refractivity contribution < 1.29 is 0 Å². The normalized spacial score (nSPS) is 15.0. The SMILES string of the molecule is Cc1nnc(CN=C(NC2CC2)N(C)Cc2cc(Cl)cn2C)n1C. The van der Waals surface area contributed by atoms with E-state index in [2.05, 4.69) is 20.4 Å². The predicted molar refractivity (Wildman–Crippen MR) is 94.9 cm³/mol. The van der Waals surface area contributed by atoms with Gasteiger partial charge in [-0.2, -0.15) is 0 Å². The van der Waals surface area contributed by atoms with Gasteiger partial charge in [0.25, 0.3) is 0 Å². The molecule has 0 spiro atoms. The van der Waals surface area contributed by atoms with Gasteiger partial charge < -0.3 is 19.4 Å². The third-order valence-electron chi connectivity index (χ3n) is 4.30. The van der Waals surface area contributed by atoms with Crippen molar-refractivity contribution in [1.29, 1.82) is 0 Å². The Bertz CT molecular complexity index is 742. The molecule has 1 saturated carbocycles. The Hall–Kier alpha value is -2.02. The molecule has 2 aromatic rings. The summed E-state index contributed by atoms with van der Waals surface area (Å²) >= 11 is 6.08. The van der Waals surface area contributed by atoms with E-state index >= 15 is 0 Å². The Balaban J connectivity index is 1.73. The molecule has 7 nitrogen and oxygen atoms in total. The van der Waals surface area contributed by atoms with Crippen molar-refractivity contribution in [3.8, 4) is 0 Å². The van der Waals surface area contributed by atoms with Gasteiger partial charge in [-0.3, -0.25) is 0 Å². The number of nitrogens with zero attached hydrogens (tertiary/aromatic N) is 6. The van der Waals surface area contributed by atoms with E-state index < -0.39 is 0 Å². The molecule has 130 valence electrons. The monoisotopic (exact) mass is 349 g/mol. The first-order chi connectivity index (χ1) is 11.4. The molecule has 1 aliphatic rings. The Morgan fingerprint density at radius 1 is 1.42 bits per heavy atom. The van der Waals surface area contributed by atoms with Crippen molar-refractivity contribution in [2.24, 2.45) is 19.1 Å². The molecule has 1 N–H and O–H groups in total. The molecule has 0 saturated heterocycles. The van der Waals surface area contributed by atoms with Crippen LogP contribution in [-0.4, -0.2) is 43.3 Å². The maximum Gasteiger partial charge on any atom is 0.194 e. The molecule has 0 bridgehead atoms. The van der Waals surface area contributed by atoms with Crippen molar-refractivity contribution >= 4 is 17.6 Å². The molecule has 0 unspecified atom stereocenters. The molecule has 2 heterocycles. The molecule has 24 heavy (non-hydrogen) atoms. The van der Waals surface area contributed by atoms with E-state index in [1.807, 2.05) is 49.5 Å². The number of guanidine groups is 1. The van der Waals surface area contributed by atoms with Crippen LogP contribution in [0.3, 0.4) is 0 Å². The summed E-state index contributed by atoms with van der Waals surface area (Å²) in [6.07, 6.45) is 4.32. The van der Waals surface area contributed by atoms with Gasteiger partial charge in [-0.25, -0.2) is 4.99 Å². The lowest BCUT2D eigenvalue weighted by atomic mass is 10.4. The Labute approximate surface area is 147 Å². The molecule has 2 aromatic heterocycles. The summed E-state index contributed by atoms with van der Waals surface area (Å²) in [6.45, 7) is 3.18. The van der Waals surface area contributed by atoms with Gasteiger partial charge in [0.1, 0.15) is 12.4 Å². The van der Waals surface area contributed by atoms with E-state index in [1.54, 1.807) is 0 Å². The molecule has 0 radical (unpaired) electrons. The summed E-state index contributed by atoms with van der Waals surface area (Å²) in [4.78, 5) is 6.86. The highest BCUT2D eigenvalue weighted by atomic mass is 35.5. The largest absolute Gasteiger partial charge is 0.353 e. The molecule has 0 aromatic carbocycles. The molecule has 1 fully saturated rings. The average Bonchev–Trinajstić information content (AvgIpc) is 3.22. The second-order valence-corrected chi connectivity index (χ2v) is 6.83. The topological polar surface area (TPSA) is 63.3 Å². The minimum Gasteiger partial charge on any atom is -0.353 e. The molecule has 1 aliphatic carbocycles. The highest BCUT2D eigenvalue weighted by Crippen LogP contribution is 2.20. The highest BCUT2D eigenvalue weighted by Gasteiger charge is 2.24. The van der Waals surface area contributed by atoms with Crippen LogP contribution in [0.1, 0.15) is 30.2 Å². The molecular weight excluding hydrogens is 326 g/mol. The van der Waals surface area contributed by atoms with E-state index in [0.29, 0.717) is 12.6 Å². The first-order valence-electron chi connectivity index (χ1n) is 8.11. The Morgan fingerprint density at radius 2 is 2.17 bits per heavy atom. The number of halogens is 1. The number of aromatic nitrogens is 4. The molecule has 8 heteroatoms. The first kappa shape index (κ1) is 16.8. The summed E-state index contributed by atoms with van der Waals surface area (Å²) < 4.78 is 4.01. The van der Waals surface area contributed by atoms with Gasteiger partial charge in [0, 0.05) is 39.1 Å². The zero-order chi connectivity index (χ0) is 17.3. The number of nitrogens with one attached hydrogen (secondary N) is 1. The molecule has 0 amide bonds. The van der Waals surface area contributed by atoms with Crippen LogP contribution in [0.4, 0.5) is 0 Å². The smallest absolute Gasteiger partial charge is 0.194 e. The van der Waals surface area contributed by atoms with Gasteiger partial charge in [-0.05, 0) is 25.8 Å². The second kappa shape index (κ2) is 6.84. The number of rotatable bonds is 5. The average molecular weight is 350 g/mol. The van der Waals surface area contributed by atoms with Crippen LogP contribution in [0.15, 0.2) is 17.3 Å². The molecule has 0 aliphatic heterocycles. The van der Waals surface area contributed by atoms with Gasteiger partial charge in [-0.15, -0.1) is 10.2 Å². The number of aliphatic imine (C=N–C) groups is 1. The Kier molecular flexibility index (Phi) is 4.80. The fraction of sp³-hybridized carbons (Fsp3) is 0.562. The second-order valence-electron chi connectivity index (χ2n) is 6.40. The van der Waals surface area contributed by atoms with Crippen molar-refractivity contribution in [2.45, 2.75) is 38.9 Å². The van der Waals surface area contributed by atoms with Crippen molar-refractivity contribution in [3.05, 3.63) is 34.6 Å². The molecule has 0 atom stereocenters. The summed E-state index contributed by atoms with van der Waals surface area (Å²) in [5.74, 6) is 2.64. The van der Waals surface area contributed by atoms with Gasteiger partial charge in [0.15, 0.2) is 11.8 Å². The fourth-order valence-electron chi connectivity index (χ4n) is 2.46. The van der Waals surface area contributed by atoms with E-state index in [0.717, 1.165) is 34.9 Å². The fourth-order valence-corrected chi connectivity index (χ4v) is 2.73. The summed E-state index contributed by atoms with van der Waals surface area (Å²) in [6, 6.07) is 2.52. The predicted octanol–water partition coefficient (Wildman–Crippen LogP) is 1.86. The first-order valence-corrected chi connectivity index (χ1v) is 8.49. The minimum atomic E-state index is 0.505. The Morgan fingerprint density at radius 3 is 2.71 bits per heavy atom. The lowest BCUT2D eigenvalue weighted by Gasteiger charge is -2.22. The van der Waals surface area contributed by atoms with Crippen LogP contribution in [0, 0.1) is 6.92 Å². The van der Waals surface area contributed by atoms with Crippen LogP contribution in [-0.2, 0) is 27.2 Å². The zero-order valence-corrected chi connectivity index (χ0v) is 15.4.